The topological polar surface area (TPSA) is 49.5 Å². The van der Waals surface area contributed by atoms with E-state index in [9.17, 15) is 5.11 Å². The first-order valence-electron chi connectivity index (χ1n) is 5.54. The van der Waals surface area contributed by atoms with E-state index in [4.69, 9.17) is 5.73 Å². The summed E-state index contributed by atoms with van der Waals surface area (Å²) >= 11 is 0. The molecule has 1 unspecified atom stereocenters. The molecular formula is C12H18N2O. The van der Waals surface area contributed by atoms with E-state index in [1.54, 1.807) is 6.07 Å². The fourth-order valence-corrected chi connectivity index (χ4v) is 2.21. The number of rotatable bonds is 2. The van der Waals surface area contributed by atoms with Crippen LogP contribution in [0.4, 0.5) is 5.69 Å². The molecule has 3 nitrogen and oxygen atoms in total. The zero-order valence-electron chi connectivity index (χ0n) is 8.89. The molecule has 0 saturated carbocycles. The summed E-state index contributed by atoms with van der Waals surface area (Å²) in [5.74, 6) is 0.938. The van der Waals surface area contributed by atoms with Crippen molar-refractivity contribution < 1.29 is 5.11 Å². The maximum Gasteiger partial charge on any atom is 0.138 e. The summed E-state index contributed by atoms with van der Waals surface area (Å²) in [6.07, 6.45) is 2.37. The van der Waals surface area contributed by atoms with Crippen molar-refractivity contribution in [3.8, 4) is 5.75 Å². The van der Waals surface area contributed by atoms with Crippen molar-refractivity contribution in [3.05, 3.63) is 24.3 Å². The average molecular weight is 206 g/mol. The highest BCUT2D eigenvalue weighted by Gasteiger charge is 2.20. The Labute approximate surface area is 90.5 Å². The zero-order chi connectivity index (χ0) is 10.7. The van der Waals surface area contributed by atoms with Crippen molar-refractivity contribution in [3.63, 3.8) is 0 Å². The quantitative estimate of drug-likeness (QED) is 0.772. The molecule has 0 amide bonds. The van der Waals surface area contributed by atoms with Crippen LogP contribution in [0.15, 0.2) is 24.3 Å². The number of nitrogens with zero attached hydrogens (tertiary/aromatic N) is 1. The van der Waals surface area contributed by atoms with Crippen LogP contribution >= 0.6 is 0 Å². The summed E-state index contributed by atoms with van der Waals surface area (Å²) < 4.78 is 0. The van der Waals surface area contributed by atoms with Crippen LogP contribution in [0.3, 0.4) is 0 Å². The number of aromatic hydroxyl groups is 1. The van der Waals surface area contributed by atoms with Crippen LogP contribution in [0.1, 0.15) is 12.8 Å². The number of anilines is 1. The molecule has 1 aliphatic heterocycles. The van der Waals surface area contributed by atoms with E-state index in [0.29, 0.717) is 11.7 Å². The molecule has 1 aromatic carbocycles. The molecule has 0 spiro atoms. The molecule has 1 saturated heterocycles. The van der Waals surface area contributed by atoms with Gasteiger partial charge in [0.1, 0.15) is 5.75 Å². The van der Waals surface area contributed by atoms with Crippen molar-refractivity contribution >= 4 is 5.69 Å². The Morgan fingerprint density at radius 1 is 1.40 bits per heavy atom. The molecule has 3 N–H and O–H groups in total. The number of hydrogen-bond donors (Lipinski definition) is 2. The lowest BCUT2D eigenvalue weighted by Crippen LogP contribution is -2.38. The van der Waals surface area contributed by atoms with E-state index >= 15 is 0 Å². The molecule has 0 radical (unpaired) electrons. The van der Waals surface area contributed by atoms with Crippen LogP contribution in [0, 0.1) is 5.92 Å². The van der Waals surface area contributed by atoms with Gasteiger partial charge in [-0.1, -0.05) is 12.1 Å². The molecule has 1 atom stereocenters. The number of para-hydroxylation sites is 2. The summed E-state index contributed by atoms with van der Waals surface area (Å²) in [6, 6.07) is 7.51. The molecule has 3 heteroatoms. The smallest absolute Gasteiger partial charge is 0.138 e. The summed E-state index contributed by atoms with van der Waals surface area (Å²) in [5, 5.41) is 9.75. The van der Waals surface area contributed by atoms with Gasteiger partial charge in [-0.25, -0.2) is 0 Å². The lowest BCUT2D eigenvalue weighted by Gasteiger charge is -2.34. The fourth-order valence-electron chi connectivity index (χ4n) is 2.21. The summed E-state index contributed by atoms with van der Waals surface area (Å²) in [4.78, 5) is 2.23. The Morgan fingerprint density at radius 3 is 2.93 bits per heavy atom. The normalized spacial score (nSPS) is 21.7. The fraction of sp³-hybridized carbons (Fsp3) is 0.500. The minimum Gasteiger partial charge on any atom is -0.506 e. The predicted molar refractivity (Wildman–Crippen MR) is 62.1 cm³/mol. The van der Waals surface area contributed by atoms with Crippen LogP contribution in [0.5, 0.6) is 5.75 Å². The Hall–Kier alpha value is -1.22. The second-order valence-corrected chi connectivity index (χ2v) is 4.18. The van der Waals surface area contributed by atoms with Crippen LogP contribution in [-0.4, -0.2) is 24.7 Å². The van der Waals surface area contributed by atoms with Crippen molar-refractivity contribution in [2.75, 3.05) is 24.5 Å². The first-order chi connectivity index (χ1) is 7.31. The maximum atomic E-state index is 9.75. The molecule has 1 heterocycles. The molecule has 1 fully saturated rings. The molecule has 82 valence electrons. The number of nitrogens with two attached hydrogens (primary N) is 1. The third kappa shape index (κ3) is 2.23. The van der Waals surface area contributed by atoms with Gasteiger partial charge in [0.15, 0.2) is 0 Å². The Balaban J connectivity index is 2.13. The van der Waals surface area contributed by atoms with Gasteiger partial charge in [-0.15, -0.1) is 0 Å². The van der Waals surface area contributed by atoms with Gasteiger partial charge in [0.2, 0.25) is 0 Å². The van der Waals surface area contributed by atoms with Gasteiger partial charge in [-0.05, 0) is 37.4 Å². The van der Waals surface area contributed by atoms with Gasteiger partial charge in [0, 0.05) is 13.1 Å². The van der Waals surface area contributed by atoms with Gasteiger partial charge in [0.25, 0.3) is 0 Å². The van der Waals surface area contributed by atoms with E-state index < -0.39 is 0 Å². The first kappa shape index (κ1) is 10.3. The standard InChI is InChI=1S/C12H18N2O/c13-8-10-4-3-7-14(9-10)11-5-1-2-6-12(11)15/h1-2,5-6,10,15H,3-4,7-9,13H2. The molecule has 15 heavy (non-hydrogen) atoms. The second kappa shape index (κ2) is 4.53. The molecule has 0 aromatic heterocycles. The van der Waals surface area contributed by atoms with Crippen LogP contribution < -0.4 is 10.6 Å². The molecule has 2 rings (SSSR count). The Bertz CT molecular complexity index is 327. The molecule has 1 aromatic rings. The van der Waals surface area contributed by atoms with Crippen LogP contribution in [0.2, 0.25) is 0 Å². The summed E-state index contributed by atoms with van der Waals surface area (Å²) in [5.41, 5.74) is 6.63. The third-order valence-electron chi connectivity index (χ3n) is 3.07. The number of phenolic OH excluding ortho intramolecular Hbond substituents is 1. The van der Waals surface area contributed by atoms with E-state index in [1.807, 2.05) is 18.2 Å². The second-order valence-electron chi connectivity index (χ2n) is 4.18. The largest absolute Gasteiger partial charge is 0.506 e. The van der Waals surface area contributed by atoms with Crippen LogP contribution in [0.25, 0.3) is 0 Å². The van der Waals surface area contributed by atoms with Crippen molar-refractivity contribution in [2.45, 2.75) is 12.8 Å². The van der Waals surface area contributed by atoms with Crippen molar-refractivity contribution in [1.29, 1.82) is 0 Å². The van der Waals surface area contributed by atoms with Gasteiger partial charge in [-0.3, -0.25) is 0 Å². The molecule has 1 aliphatic rings. The Kier molecular flexibility index (Phi) is 3.11. The van der Waals surface area contributed by atoms with Gasteiger partial charge < -0.3 is 15.7 Å². The van der Waals surface area contributed by atoms with Gasteiger partial charge in [-0.2, -0.15) is 0 Å². The highest BCUT2D eigenvalue weighted by molar-refractivity contribution is 5.57. The Morgan fingerprint density at radius 2 is 2.20 bits per heavy atom. The SMILES string of the molecule is NCC1CCCN(c2ccccc2O)C1. The van der Waals surface area contributed by atoms with Crippen molar-refractivity contribution in [1.82, 2.24) is 0 Å². The number of phenols is 1. The monoisotopic (exact) mass is 206 g/mol. The minimum atomic E-state index is 0.371. The third-order valence-corrected chi connectivity index (χ3v) is 3.07. The lowest BCUT2D eigenvalue weighted by molar-refractivity contribution is 0.415. The van der Waals surface area contributed by atoms with E-state index in [1.165, 1.54) is 6.42 Å². The summed E-state index contributed by atoms with van der Waals surface area (Å²) in [7, 11) is 0. The zero-order valence-corrected chi connectivity index (χ0v) is 8.89. The number of hydrogen-bond acceptors (Lipinski definition) is 3. The number of piperidine rings is 1. The van der Waals surface area contributed by atoms with E-state index in [0.717, 1.165) is 31.7 Å². The summed E-state index contributed by atoms with van der Waals surface area (Å²) in [6.45, 7) is 2.73. The molecule has 0 bridgehead atoms. The van der Waals surface area contributed by atoms with Gasteiger partial charge >= 0.3 is 0 Å². The maximum absolute atomic E-state index is 9.75. The van der Waals surface area contributed by atoms with Crippen molar-refractivity contribution in [2.24, 2.45) is 11.7 Å². The minimum absolute atomic E-state index is 0.371. The molecular weight excluding hydrogens is 188 g/mol. The lowest BCUT2D eigenvalue weighted by atomic mass is 9.98. The molecule has 0 aliphatic carbocycles. The first-order valence-corrected chi connectivity index (χ1v) is 5.54. The highest BCUT2D eigenvalue weighted by Crippen LogP contribution is 2.29. The average Bonchev–Trinajstić information content (AvgIpc) is 2.30. The van der Waals surface area contributed by atoms with Gasteiger partial charge in [0.05, 0.1) is 5.69 Å². The highest BCUT2D eigenvalue weighted by atomic mass is 16.3. The predicted octanol–water partition coefficient (Wildman–Crippen LogP) is 1.57. The number of benzene rings is 1. The van der Waals surface area contributed by atoms with E-state index in [-0.39, 0.29) is 0 Å². The van der Waals surface area contributed by atoms with Crippen LogP contribution in [-0.2, 0) is 0 Å². The van der Waals surface area contributed by atoms with E-state index in [2.05, 4.69) is 4.90 Å².